The lowest BCUT2D eigenvalue weighted by molar-refractivity contribution is -0.111. The number of hydrogen-bond acceptors (Lipinski definition) is 4. The summed E-state index contributed by atoms with van der Waals surface area (Å²) < 4.78 is 5.37. The van der Waals surface area contributed by atoms with Crippen LogP contribution in [0.25, 0.3) is 0 Å². The van der Waals surface area contributed by atoms with Gasteiger partial charge >= 0.3 is 0 Å². The molecule has 0 saturated heterocycles. The zero-order valence-corrected chi connectivity index (χ0v) is 11.4. The molecule has 0 N–H and O–H groups in total. The molecule has 0 bridgehead atoms. The van der Waals surface area contributed by atoms with E-state index in [1.807, 2.05) is 37.3 Å². The highest BCUT2D eigenvalue weighted by Crippen LogP contribution is 2.36. The maximum atomic E-state index is 12.0. The monoisotopic (exact) mass is 269 g/mol. The van der Waals surface area contributed by atoms with Gasteiger partial charge in [-0.05, 0) is 5.56 Å². The summed E-state index contributed by atoms with van der Waals surface area (Å²) in [6.45, 7) is 1.97. The van der Waals surface area contributed by atoms with Gasteiger partial charge in [-0.15, -0.1) is 0 Å². The zero-order chi connectivity index (χ0) is 14.1. The Bertz CT molecular complexity index is 661. The second kappa shape index (κ2) is 4.92. The van der Waals surface area contributed by atoms with E-state index in [0.29, 0.717) is 17.9 Å². The summed E-state index contributed by atoms with van der Waals surface area (Å²) in [4.78, 5) is 18.0. The van der Waals surface area contributed by atoms with Crippen LogP contribution in [0.4, 0.5) is 5.69 Å². The smallest absolute Gasteiger partial charge is 0.268 e. The van der Waals surface area contributed by atoms with Crippen molar-refractivity contribution in [3.05, 3.63) is 47.3 Å². The van der Waals surface area contributed by atoms with Gasteiger partial charge in [0.2, 0.25) is 0 Å². The lowest BCUT2D eigenvalue weighted by atomic mass is 10.0. The van der Waals surface area contributed by atoms with Crippen LogP contribution < -0.4 is 4.90 Å². The standard InChI is InChI=1S/C15H15N3O2/c1-3-11-15-14(17-20-11)13(10-7-5-4-6-8-10)16-9-12(19)18(15)2/h4-9,13H,3H2,1-2H3. The number of benzene rings is 1. The molecule has 0 aliphatic carbocycles. The van der Waals surface area contributed by atoms with E-state index in [1.165, 1.54) is 6.21 Å². The predicted octanol–water partition coefficient (Wildman–Crippen LogP) is 2.37. The van der Waals surface area contributed by atoms with Gasteiger partial charge in [0.15, 0.2) is 5.76 Å². The maximum Gasteiger partial charge on any atom is 0.268 e. The van der Waals surface area contributed by atoms with Crippen molar-refractivity contribution in [2.75, 3.05) is 11.9 Å². The molecular formula is C15H15N3O2. The van der Waals surface area contributed by atoms with Crippen LogP contribution in [-0.4, -0.2) is 24.3 Å². The maximum absolute atomic E-state index is 12.0. The Kier molecular flexibility index (Phi) is 3.10. The Hall–Kier alpha value is -2.43. The summed E-state index contributed by atoms with van der Waals surface area (Å²) in [5.74, 6) is 0.546. The van der Waals surface area contributed by atoms with Crippen molar-refractivity contribution < 1.29 is 9.32 Å². The molecule has 1 atom stereocenters. The molecule has 5 heteroatoms. The molecule has 0 spiro atoms. The lowest BCUT2D eigenvalue weighted by Gasteiger charge is -2.14. The molecule has 2 aromatic rings. The molecule has 5 nitrogen and oxygen atoms in total. The number of aromatic nitrogens is 1. The second-order valence-corrected chi connectivity index (χ2v) is 4.68. The first-order valence-electron chi connectivity index (χ1n) is 6.56. The average Bonchev–Trinajstić information content (AvgIpc) is 2.86. The molecule has 0 saturated carbocycles. The van der Waals surface area contributed by atoms with Crippen LogP contribution in [0.3, 0.4) is 0 Å². The molecule has 1 aliphatic heterocycles. The van der Waals surface area contributed by atoms with Crippen LogP contribution in [0.5, 0.6) is 0 Å². The third-order valence-corrected chi connectivity index (χ3v) is 3.46. The molecule has 102 valence electrons. The molecule has 1 unspecified atom stereocenters. The fourth-order valence-corrected chi connectivity index (χ4v) is 2.39. The van der Waals surface area contributed by atoms with Crippen molar-refractivity contribution in [2.24, 2.45) is 4.99 Å². The highest BCUT2D eigenvalue weighted by molar-refractivity contribution is 6.33. The summed E-state index contributed by atoms with van der Waals surface area (Å²) >= 11 is 0. The lowest BCUT2D eigenvalue weighted by Crippen LogP contribution is -2.27. The van der Waals surface area contributed by atoms with Crippen LogP contribution in [0.1, 0.15) is 30.0 Å². The van der Waals surface area contributed by atoms with Crippen molar-refractivity contribution >= 4 is 17.8 Å². The number of fused-ring (bicyclic) bond motifs is 1. The molecule has 2 heterocycles. The van der Waals surface area contributed by atoms with Gasteiger partial charge in [0, 0.05) is 13.5 Å². The Morgan fingerprint density at radius 2 is 2.05 bits per heavy atom. The molecule has 0 radical (unpaired) electrons. The van der Waals surface area contributed by atoms with Crippen molar-refractivity contribution in [1.82, 2.24) is 5.16 Å². The summed E-state index contributed by atoms with van der Waals surface area (Å²) in [5, 5.41) is 4.15. The third-order valence-electron chi connectivity index (χ3n) is 3.46. The topological polar surface area (TPSA) is 58.7 Å². The minimum Gasteiger partial charge on any atom is -0.359 e. The number of amides is 1. The van der Waals surface area contributed by atoms with Crippen LogP contribution in [-0.2, 0) is 11.2 Å². The summed E-state index contributed by atoms with van der Waals surface area (Å²) in [5.41, 5.74) is 2.42. The highest BCUT2D eigenvalue weighted by atomic mass is 16.5. The Morgan fingerprint density at radius 1 is 1.30 bits per heavy atom. The first kappa shape index (κ1) is 12.6. The molecule has 1 aliphatic rings. The number of anilines is 1. The van der Waals surface area contributed by atoms with Gasteiger partial charge < -0.3 is 9.42 Å². The minimum atomic E-state index is -0.302. The van der Waals surface area contributed by atoms with Gasteiger partial charge in [0.1, 0.15) is 17.4 Å². The number of nitrogens with zero attached hydrogens (tertiary/aromatic N) is 3. The van der Waals surface area contributed by atoms with Crippen molar-refractivity contribution in [3.63, 3.8) is 0 Å². The molecule has 20 heavy (non-hydrogen) atoms. The number of aryl methyl sites for hydroxylation is 1. The molecule has 1 amide bonds. The van der Waals surface area contributed by atoms with Crippen molar-refractivity contribution in [3.8, 4) is 0 Å². The first-order valence-corrected chi connectivity index (χ1v) is 6.56. The van der Waals surface area contributed by atoms with Gasteiger partial charge in [0.05, 0.1) is 6.21 Å². The Labute approximate surface area is 116 Å². The quantitative estimate of drug-likeness (QED) is 0.841. The summed E-state index contributed by atoms with van der Waals surface area (Å²) in [6.07, 6.45) is 2.04. The normalized spacial score (nSPS) is 18.0. The summed E-state index contributed by atoms with van der Waals surface area (Å²) in [7, 11) is 1.72. The fraction of sp³-hybridized carbons (Fsp3) is 0.267. The van der Waals surface area contributed by atoms with E-state index < -0.39 is 0 Å². The highest BCUT2D eigenvalue weighted by Gasteiger charge is 2.30. The Morgan fingerprint density at radius 3 is 2.75 bits per heavy atom. The van der Waals surface area contributed by atoms with E-state index in [0.717, 1.165) is 11.3 Å². The predicted molar refractivity (Wildman–Crippen MR) is 76.1 cm³/mol. The largest absolute Gasteiger partial charge is 0.359 e. The van der Waals surface area contributed by atoms with Crippen molar-refractivity contribution in [2.45, 2.75) is 19.4 Å². The number of rotatable bonds is 2. The van der Waals surface area contributed by atoms with Gasteiger partial charge in [0.25, 0.3) is 5.91 Å². The zero-order valence-electron chi connectivity index (χ0n) is 11.4. The van der Waals surface area contributed by atoms with E-state index >= 15 is 0 Å². The number of hydrogen-bond donors (Lipinski definition) is 0. The van der Waals surface area contributed by atoms with Gasteiger partial charge in [-0.2, -0.15) is 0 Å². The van der Waals surface area contributed by atoms with Crippen LogP contribution >= 0.6 is 0 Å². The van der Waals surface area contributed by atoms with E-state index in [2.05, 4.69) is 10.1 Å². The number of carbonyl (C=O) groups excluding carboxylic acids is 1. The second-order valence-electron chi connectivity index (χ2n) is 4.68. The average molecular weight is 269 g/mol. The molecule has 3 rings (SSSR count). The number of aliphatic imine (C=N–C) groups is 1. The molecular weight excluding hydrogens is 254 g/mol. The van der Waals surface area contributed by atoms with Gasteiger partial charge in [-0.3, -0.25) is 9.79 Å². The van der Waals surface area contributed by atoms with E-state index in [4.69, 9.17) is 4.52 Å². The third kappa shape index (κ3) is 1.91. The molecule has 1 aromatic heterocycles. The van der Waals surface area contributed by atoms with E-state index in [1.54, 1.807) is 11.9 Å². The van der Waals surface area contributed by atoms with Crippen LogP contribution in [0.15, 0.2) is 39.8 Å². The van der Waals surface area contributed by atoms with Crippen molar-refractivity contribution in [1.29, 1.82) is 0 Å². The fourth-order valence-electron chi connectivity index (χ4n) is 2.39. The first-order chi connectivity index (χ1) is 9.72. The SMILES string of the molecule is CCc1onc2c1N(C)C(=O)C=NC2c1ccccc1. The van der Waals surface area contributed by atoms with Gasteiger partial charge in [-0.25, -0.2) is 0 Å². The molecule has 0 fully saturated rings. The van der Waals surface area contributed by atoms with E-state index in [9.17, 15) is 4.79 Å². The van der Waals surface area contributed by atoms with Gasteiger partial charge in [-0.1, -0.05) is 42.4 Å². The van der Waals surface area contributed by atoms with Crippen LogP contribution in [0, 0.1) is 0 Å². The van der Waals surface area contributed by atoms with Crippen LogP contribution in [0.2, 0.25) is 0 Å². The Balaban J connectivity index is 2.18. The molecule has 1 aromatic carbocycles. The minimum absolute atomic E-state index is 0.164. The number of carbonyl (C=O) groups is 1. The van der Waals surface area contributed by atoms with E-state index in [-0.39, 0.29) is 11.9 Å². The summed E-state index contributed by atoms with van der Waals surface area (Å²) in [6, 6.07) is 9.49.